The average molecular weight is 1610 g/mol. The van der Waals surface area contributed by atoms with Crippen LogP contribution in [0.1, 0.15) is 497 Å². The summed E-state index contributed by atoms with van der Waals surface area (Å²) in [4.78, 5) is 73.4. The predicted octanol–water partition coefficient (Wildman–Crippen LogP) is 28.3. The Balaban J connectivity index is 5.21. The van der Waals surface area contributed by atoms with E-state index in [0.29, 0.717) is 25.7 Å². The van der Waals surface area contributed by atoms with Gasteiger partial charge in [-0.15, -0.1) is 0 Å². The first-order chi connectivity index (χ1) is 53.5. The van der Waals surface area contributed by atoms with Crippen molar-refractivity contribution in [3.8, 4) is 0 Å². The minimum Gasteiger partial charge on any atom is -0.462 e. The zero-order valence-corrected chi connectivity index (χ0v) is 74.2. The molecule has 0 amide bonds. The molecular formula is C91H178O17P2. The topological polar surface area (TPSA) is 237 Å². The highest BCUT2D eigenvalue weighted by molar-refractivity contribution is 7.47. The van der Waals surface area contributed by atoms with Crippen molar-refractivity contribution in [1.29, 1.82) is 0 Å². The lowest BCUT2D eigenvalue weighted by Gasteiger charge is -2.21. The van der Waals surface area contributed by atoms with Crippen molar-refractivity contribution in [1.82, 2.24) is 0 Å². The van der Waals surface area contributed by atoms with Gasteiger partial charge in [0.05, 0.1) is 26.4 Å². The number of hydrogen-bond acceptors (Lipinski definition) is 15. The molecule has 0 rings (SSSR count). The molecule has 0 aromatic rings. The summed E-state index contributed by atoms with van der Waals surface area (Å²) in [6, 6.07) is 0. The van der Waals surface area contributed by atoms with E-state index in [1.54, 1.807) is 0 Å². The minimum atomic E-state index is -4.97. The molecule has 0 radical (unpaired) electrons. The van der Waals surface area contributed by atoms with E-state index in [0.717, 1.165) is 95.8 Å². The van der Waals surface area contributed by atoms with Crippen LogP contribution in [-0.4, -0.2) is 96.7 Å². The van der Waals surface area contributed by atoms with Gasteiger partial charge in [0.25, 0.3) is 0 Å². The van der Waals surface area contributed by atoms with Gasteiger partial charge in [0.15, 0.2) is 12.2 Å². The Labute approximate surface area is 677 Å². The van der Waals surface area contributed by atoms with Gasteiger partial charge in [-0.1, -0.05) is 446 Å². The molecular weight excluding hydrogens is 1430 g/mol. The highest BCUT2D eigenvalue weighted by Crippen LogP contribution is 2.45. The quantitative estimate of drug-likeness (QED) is 0.0222. The van der Waals surface area contributed by atoms with Crippen LogP contribution in [0.5, 0.6) is 0 Å². The van der Waals surface area contributed by atoms with E-state index in [2.05, 4.69) is 34.6 Å². The number of phosphoric ester groups is 2. The smallest absolute Gasteiger partial charge is 0.462 e. The normalized spacial score (nSPS) is 13.7. The van der Waals surface area contributed by atoms with Crippen LogP contribution in [0.2, 0.25) is 0 Å². The van der Waals surface area contributed by atoms with Crippen molar-refractivity contribution in [2.75, 3.05) is 39.6 Å². The fourth-order valence-electron chi connectivity index (χ4n) is 14.4. The van der Waals surface area contributed by atoms with Crippen LogP contribution in [0.15, 0.2) is 0 Å². The summed E-state index contributed by atoms with van der Waals surface area (Å²) in [6.07, 6.45) is 79.5. The highest BCUT2D eigenvalue weighted by Gasteiger charge is 2.31. The van der Waals surface area contributed by atoms with Crippen LogP contribution in [0, 0.1) is 5.92 Å². The molecule has 0 aromatic carbocycles. The van der Waals surface area contributed by atoms with E-state index < -0.39 is 97.5 Å². The summed E-state index contributed by atoms with van der Waals surface area (Å²) in [5, 5.41) is 10.7. The second-order valence-electron chi connectivity index (χ2n) is 33.2. The van der Waals surface area contributed by atoms with E-state index in [9.17, 15) is 43.2 Å². The molecule has 0 saturated heterocycles. The van der Waals surface area contributed by atoms with Gasteiger partial charge in [0.1, 0.15) is 19.3 Å². The molecule has 0 heterocycles. The number of ether oxygens (including phenoxy) is 4. The molecule has 0 bridgehead atoms. The summed E-state index contributed by atoms with van der Waals surface area (Å²) in [5.74, 6) is -1.37. The Kier molecular flexibility index (Phi) is 82.1. The standard InChI is InChI=1S/C91H178O17P2/c1-6-9-12-15-18-21-24-27-30-32-34-36-38-40-42-45-47-50-53-59-64-69-74-88(93)101-80-86(107-90(95)77-72-67-62-55-52-49-46-43-41-39-37-35-33-31-28-25-22-19-16-13-10-7-2)82-105-109(97,98)103-78-85(92)79-104-110(99,100)106-83-87(81-102-89(94)75-70-65-60-57-56-58-63-68-73-84(4)5)108-91(96)76-71-66-61-54-51-48-44-29-26-23-20-17-14-11-8-3/h84-87,92H,6-83H2,1-5H3,(H,97,98)(H,99,100)/t85-,86-,87-/m1/s1. The maximum absolute atomic E-state index is 13.2. The molecule has 0 saturated carbocycles. The third kappa shape index (κ3) is 84.0. The summed E-state index contributed by atoms with van der Waals surface area (Å²) >= 11 is 0. The van der Waals surface area contributed by atoms with Crippen LogP contribution >= 0.6 is 15.6 Å². The van der Waals surface area contributed by atoms with E-state index >= 15 is 0 Å². The molecule has 0 aliphatic rings. The molecule has 3 N–H and O–H groups in total. The number of carbonyl (C=O) groups is 4. The molecule has 0 aromatic heterocycles. The lowest BCUT2D eigenvalue weighted by molar-refractivity contribution is -0.161. The monoisotopic (exact) mass is 1610 g/mol. The van der Waals surface area contributed by atoms with Gasteiger partial charge in [-0.3, -0.25) is 37.3 Å². The summed E-state index contributed by atoms with van der Waals surface area (Å²) < 4.78 is 69.0. The summed E-state index contributed by atoms with van der Waals surface area (Å²) in [7, 11) is -9.93. The van der Waals surface area contributed by atoms with Gasteiger partial charge in [-0.25, -0.2) is 9.13 Å². The first-order valence-electron chi connectivity index (χ1n) is 47.1. The van der Waals surface area contributed by atoms with Crippen molar-refractivity contribution in [3.63, 3.8) is 0 Å². The Bertz CT molecular complexity index is 2080. The molecule has 0 aliphatic carbocycles. The van der Waals surface area contributed by atoms with Crippen molar-refractivity contribution in [2.45, 2.75) is 515 Å². The van der Waals surface area contributed by atoms with Gasteiger partial charge in [-0.05, 0) is 31.6 Å². The number of phosphoric acid groups is 2. The van der Waals surface area contributed by atoms with Gasteiger partial charge in [0.2, 0.25) is 0 Å². The SMILES string of the molecule is CCCCCCCCCCCCCCCCCCCCCCCCC(=O)OC[C@H](COP(=O)(O)OC[C@@H](O)COP(=O)(O)OC[C@@H](COC(=O)CCCCCCCCCCC(C)C)OC(=O)CCCCCCCCCCCCCCCCC)OC(=O)CCCCCCCCCCCCCCCCCCCCCCCC. The number of carbonyl (C=O) groups excluding carboxylic acids is 4. The fraction of sp³-hybridized carbons (Fsp3) is 0.956. The molecule has 19 heteroatoms. The molecule has 5 atom stereocenters. The van der Waals surface area contributed by atoms with Crippen LogP contribution in [0.3, 0.4) is 0 Å². The zero-order chi connectivity index (χ0) is 80.4. The van der Waals surface area contributed by atoms with Gasteiger partial charge in [0, 0.05) is 25.7 Å². The highest BCUT2D eigenvalue weighted by atomic mass is 31.2. The second kappa shape index (κ2) is 83.5. The number of hydrogen-bond donors (Lipinski definition) is 3. The van der Waals surface area contributed by atoms with Crippen LogP contribution in [-0.2, 0) is 65.4 Å². The molecule has 654 valence electrons. The first-order valence-corrected chi connectivity index (χ1v) is 50.1. The van der Waals surface area contributed by atoms with Gasteiger partial charge in [-0.2, -0.15) is 0 Å². The van der Waals surface area contributed by atoms with Gasteiger partial charge >= 0.3 is 39.5 Å². The Hall–Kier alpha value is -1.94. The van der Waals surface area contributed by atoms with E-state index in [1.165, 1.54) is 321 Å². The average Bonchev–Trinajstić information content (AvgIpc) is 0.893. The van der Waals surface area contributed by atoms with Crippen LogP contribution in [0.4, 0.5) is 0 Å². The predicted molar refractivity (Wildman–Crippen MR) is 455 cm³/mol. The van der Waals surface area contributed by atoms with Crippen molar-refractivity contribution in [2.24, 2.45) is 5.92 Å². The Morgan fingerprint density at radius 1 is 0.245 bits per heavy atom. The van der Waals surface area contributed by atoms with Crippen LogP contribution in [0.25, 0.3) is 0 Å². The maximum atomic E-state index is 13.2. The van der Waals surface area contributed by atoms with Crippen molar-refractivity contribution in [3.05, 3.63) is 0 Å². The number of unbranched alkanes of at least 4 members (excludes halogenated alkanes) is 63. The molecule has 17 nitrogen and oxygen atoms in total. The van der Waals surface area contributed by atoms with Crippen molar-refractivity contribution < 1.29 is 80.2 Å². The summed E-state index contributed by atoms with van der Waals surface area (Å²) in [6.45, 7) is 7.35. The van der Waals surface area contributed by atoms with Crippen molar-refractivity contribution >= 4 is 39.5 Å². The van der Waals surface area contributed by atoms with E-state index in [1.807, 2.05) is 0 Å². The third-order valence-corrected chi connectivity index (χ3v) is 23.4. The largest absolute Gasteiger partial charge is 0.472 e. The molecule has 0 fully saturated rings. The zero-order valence-electron chi connectivity index (χ0n) is 72.4. The number of aliphatic hydroxyl groups excluding tert-OH is 1. The van der Waals surface area contributed by atoms with Crippen LogP contribution < -0.4 is 0 Å². The maximum Gasteiger partial charge on any atom is 0.472 e. The third-order valence-electron chi connectivity index (χ3n) is 21.5. The molecule has 2 unspecified atom stereocenters. The van der Waals surface area contributed by atoms with E-state index in [4.69, 9.17) is 37.0 Å². The Morgan fingerprint density at radius 3 is 0.618 bits per heavy atom. The van der Waals surface area contributed by atoms with Gasteiger partial charge < -0.3 is 33.8 Å². The lowest BCUT2D eigenvalue weighted by atomic mass is 10.0. The fourth-order valence-corrected chi connectivity index (χ4v) is 15.9. The molecule has 0 spiro atoms. The van der Waals surface area contributed by atoms with E-state index in [-0.39, 0.29) is 25.7 Å². The summed E-state index contributed by atoms with van der Waals surface area (Å²) in [5.41, 5.74) is 0. The number of rotatable bonds is 91. The molecule has 0 aliphatic heterocycles. The Morgan fingerprint density at radius 2 is 0.418 bits per heavy atom. The number of esters is 4. The first kappa shape index (κ1) is 108. The number of aliphatic hydroxyl groups is 1. The minimum absolute atomic E-state index is 0.108. The lowest BCUT2D eigenvalue weighted by Crippen LogP contribution is -2.30. The molecule has 110 heavy (non-hydrogen) atoms. The second-order valence-corrected chi connectivity index (χ2v) is 36.1.